The van der Waals surface area contributed by atoms with Crippen LogP contribution in [0.5, 0.6) is 0 Å². The Morgan fingerprint density at radius 1 is 1.26 bits per heavy atom. The minimum absolute atomic E-state index is 0.0571. The third-order valence-electron chi connectivity index (χ3n) is 1.90. The quantitative estimate of drug-likeness (QED) is 0.532. The molecule has 0 bridgehead atoms. The molecule has 0 aliphatic carbocycles. The van der Waals surface area contributed by atoms with Gasteiger partial charge in [0.15, 0.2) is 0 Å². The summed E-state index contributed by atoms with van der Waals surface area (Å²) >= 11 is 0. The number of halogens is 3. The Kier molecular flexibility index (Phi) is 6.70. The van der Waals surface area contributed by atoms with E-state index in [1.165, 1.54) is 0 Å². The Hall–Kier alpha value is -0.903. The van der Waals surface area contributed by atoms with Gasteiger partial charge in [-0.2, -0.15) is 13.2 Å². The molecule has 19 heavy (non-hydrogen) atoms. The first-order valence-corrected chi connectivity index (χ1v) is 6.95. The average Bonchev–Trinajstić information content (AvgIpc) is 2.32. The van der Waals surface area contributed by atoms with E-state index in [4.69, 9.17) is 13.3 Å². The fourth-order valence-corrected chi connectivity index (χ4v) is 2.39. The predicted octanol–water partition coefficient (Wildman–Crippen LogP) is 2.05. The Morgan fingerprint density at radius 3 is 2.05 bits per heavy atom. The molecular weight excluding hydrogens is 285 g/mol. The highest BCUT2D eigenvalue weighted by Gasteiger charge is 2.51. The summed E-state index contributed by atoms with van der Waals surface area (Å²) in [5.41, 5.74) is -1.65. The Bertz CT molecular complexity index is 326. The van der Waals surface area contributed by atoms with Gasteiger partial charge in [0.25, 0.3) is 0 Å². The fraction of sp³-hybridized carbons (Fsp3) is 0.700. The second kappa shape index (κ2) is 7.03. The van der Waals surface area contributed by atoms with Gasteiger partial charge in [0.1, 0.15) is 5.57 Å². The van der Waals surface area contributed by atoms with E-state index in [2.05, 4.69) is 11.0 Å². The van der Waals surface area contributed by atoms with Crippen LogP contribution in [0.2, 0.25) is 0 Å². The molecule has 0 aliphatic rings. The van der Waals surface area contributed by atoms with Crippen molar-refractivity contribution in [1.29, 1.82) is 0 Å². The Morgan fingerprint density at radius 2 is 1.74 bits per heavy atom. The maximum Gasteiger partial charge on any atom is 0.751 e. The lowest BCUT2D eigenvalue weighted by Crippen LogP contribution is -2.50. The molecule has 9 heteroatoms. The van der Waals surface area contributed by atoms with Crippen LogP contribution in [0.3, 0.4) is 0 Å². The lowest BCUT2D eigenvalue weighted by molar-refractivity contribution is -0.150. The molecule has 0 saturated carbocycles. The van der Waals surface area contributed by atoms with Crippen LogP contribution in [-0.4, -0.2) is 42.0 Å². The Labute approximate surface area is 110 Å². The summed E-state index contributed by atoms with van der Waals surface area (Å²) < 4.78 is 56.3. The van der Waals surface area contributed by atoms with Crippen molar-refractivity contribution >= 4 is 15.0 Å². The largest absolute Gasteiger partial charge is 0.751 e. The standard InChI is InChI=1S/C10H17F3O5Si/c1-7(2)6-17-19(15-4,16-5)18-9(14)8(3)10(11,12)13/h7H,3,6H2,1-2,4-5H3. The van der Waals surface area contributed by atoms with Crippen LogP contribution in [0.1, 0.15) is 13.8 Å². The van der Waals surface area contributed by atoms with Crippen LogP contribution in [-0.2, 0) is 22.5 Å². The van der Waals surface area contributed by atoms with Crippen LogP contribution >= 0.6 is 0 Å². The van der Waals surface area contributed by atoms with Crippen molar-refractivity contribution in [1.82, 2.24) is 0 Å². The van der Waals surface area contributed by atoms with Crippen LogP contribution in [0.25, 0.3) is 0 Å². The normalized spacial score (nSPS) is 12.6. The highest BCUT2D eigenvalue weighted by atomic mass is 28.4. The van der Waals surface area contributed by atoms with Crippen molar-refractivity contribution in [3.05, 3.63) is 12.2 Å². The van der Waals surface area contributed by atoms with Crippen molar-refractivity contribution in [2.45, 2.75) is 20.0 Å². The molecule has 0 heterocycles. The molecule has 5 nitrogen and oxygen atoms in total. The molecule has 0 aromatic carbocycles. The average molecular weight is 302 g/mol. The van der Waals surface area contributed by atoms with E-state index in [-0.39, 0.29) is 12.5 Å². The summed E-state index contributed by atoms with van der Waals surface area (Å²) in [5.74, 6) is -1.62. The van der Waals surface area contributed by atoms with Crippen molar-refractivity contribution in [2.24, 2.45) is 5.92 Å². The maximum atomic E-state index is 12.3. The van der Waals surface area contributed by atoms with Crippen molar-refractivity contribution in [3.63, 3.8) is 0 Å². The van der Waals surface area contributed by atoms with Gasteiger partial charge in [-0.1, -0.05) is 20.4 Å². The molecule has 0 rings (SSSR count). The predicted molar refractivity (Wildman–Crippen MR) is 61.8 cm³/mol. The van der Waals surface area contributed by atoms with Crippen LogP contribution in [0.4, 0.5) is 13.2 Å². The summed E-state index contributed by atoms with van der Waals surface area (Å²) in [6.45, 7) is 6.35. The third kappa shape index (κ3) is 5.72. The summed E-state index contributed by atoms with van der Waals surface area (Å²) in [4.78, 5) is 11.3. The number of hydrogen-bond donors (Lipinski definition) is 0. The van der Waals surface area contributed by atoms with E-state index in [1.807, 2.05) is 0 Å². The summed E-state index contributed by atoms with van der Waals surface area (Å²) in [6, 6.07) is 0. The highest BCUT2D eigenvalue weighted by Crippen LogP contribution is 2.26. The van der Waals surface area contributed by atoms with E-state index < -0.39 is 26.8 Å². The molecule has 0 unspecified atom stereocenters. The highest BCUT2D eigenvalue weighted by molar-refractivity contribution is 6.55. The minimum atomic E-state index is -4.88. The van der Waals surface area contributed by atoms with Gasteiger partial charge >= 0.3 is 21.2 Å². The van der Waals surface area contributed by atoms with Crippen LogP contribution < -0.4 is 0 Å². The van der Waals surface area contributed by atoms with E-state index in [1.54, 1.807) is 13.8 Å². The maximum absolute atomic E-state index is 12.3. The molecule has 0 radical (unpaired) electrons. The van der Waals surface area contributed by atoms with Gasteiger partial charge in [0, 0.05) is 20.8 Å². The monoisotopic (exact) mass is 302 g/mol. The first-order valence-electron chi connectivity index (χ1n) is 5.31. The molecule has 112 valence electrons. The number of alkyl halides is 3. The lowest BCUT2D eigenvalue weighted by Gasteiger charge is -2.25. The van der Waals surface area contributed by atoms with Crippen LogP contribution in [0.15, 0.2) is 12.2 Å². The van der Waals surface area contributed by atoms with Gasteiger partial charge in [-0.25, -0.2) is 4.79 Å². The summed E-state index contributed by atoms with van der Waals surface area (Å²) in [6.07, 6.45) is -4.88. The molecule has 0 saturated heterocycles. The van der Waals surface area contributed by atoms with Gasteiger partial charge in [0.2, 0.25) is 0 Å². The molecule has 0 aliphatic heterocycles. The molecular formula is C10H17F3O5Si. The van der Waals surface area contributed by atoms with E-state index in [9.17, 15) is 18.0 Å². The second-order valence-corrected chi connectivity index (χ2v) is 6.29. The second-order valence-electron chi connectivity index (χ2n) is 3.98. The van der Waals surface area contributed by atoms with Crippen molar-refractivity contribution < 1.29 is 35.7 Å². The summed E-state index contributed by atoms with van der Waals surface area (Å²) in [7, 11) is -1.67. The third-order valence-corrected chi connectivity index (χ3v) is 3.86. The zero-order valence-electron chi connectivity index (χ0n) is 11.2. The lowest BCUT2D eigenvalue weighted by atomic mass is 10.2. The van der Waals surface area contributed by atoms with E-state index in [0.717, 1.165) is 14.2 Å². The molecule has 0 amide bonds. The number of carbonyl (C=O) groups excluding carboxylic acids is 1. The minimum Gasteiger partial charge on any atom is -0.448 e. The molecule has 0 aromatic heterocycles. The number of carbonyl (C=O) groups is 1. The van der Waals surface area contributed by atoms with Crippen LogP contribution in [0, 0.1) is 5.92 Å². The van der Waals surface area contributed by atoms with Crippen molar-refractivity contribution in [3.8, 4) is 0 Å². The van der Waals surface area contributed by atoms with E-state index in [0.29, 0.717) is 0 Å². The van der Waals surface area contributed by atoms with Gasteiger partial charge in [0.05, 0.1) is 0 Å². The Balaban J connectivity index is 4.84. The zero-order valence-corrected chi connectivity index (χ0v) is 12.2. The smallest absolute Gasteiger partial charge is 0.448 e. The number of rotatable bonds is 7. The molecule has 0 fully saturated rings. The van der Waals surface area contributed by atoms with Gasteiger partial charge in [-0.05, 0) is 5.92 Å². The van der Waals surface area contributed by atoms with Gasteiger partial charge in [-0.3, -0.25) is 0 Å². The zero-order chi connectivity index (χ0) is 15.3. The molecule has 0 aromatic rings. The fourth-order valence-electron chi connectivity index (χ4n) is 0.874. The first-order chi connectivity index (χ1) is 8.58. The van der Waals surface area contributed by atoms with Gasteiger partial charge < -0.3 is 17.7 Å². The summed E-state index contributed by atoms with van der Waals surface area (Å²) in [5, 5.41) is 0. The SMILES string of the molecule is C=C(C(=O)O[Si](OC)(OC)OCC(C)C)C(F)(F)F. The van der Waals surface area contributed by atoms with Gasteiger partial charge in [-0.15, -0.1) is 0 Å². The molecule has 0 N–H and O–H groups in total. The molecule has 0 atom stereocenters. The first kappa shape index (κ1) is 18.1. The van der Waals surface area contributed by atoms with E-state index >= 15 is 0 Å². The molecule has 0 spiro atoms. The number of hydrogen-bond acceptors (Lipinski definition) is 5. The topological polar surface area (TPSA) is 54.0 Å². The van der Waals surface area contributed by atoms with Crippen molar-refractivity contribution in [2.75, 3.05) is 20.8 Å².